The molecule has 3 heterocycles. The zero-order valence-corrected chi connectivity index (χ0v) is 55.9. The van der Waals surface area contributed by atoms with Crippen molar-refractivity contribution in [1.82, 2.24) is 5.32 Å². The van der Waals surface area contributed by atoms with E-state index in [2.05, 4.69) is 141 Å². The molecule has 530 valence electrons. The van der Waals surface area contributed by atoms with E-state index in [1.165, 1.54) is 64.2 Å². The summed E-state index contributed by atoms with van der Waals surface area (Å²) >= 11 is 0. The van der Waals surface area contributed by atoms with Gasteiger partial charge in [0, 0.05) is 6.42 Å². The third kappa shape index (κ3) is 35.7. The lowest BCUT2D eigenvalue weighted by atomic mass is 9.96. The second kappa shape index (κ2) is 54.0. The van der Waals surface area contributed by atoms with Crippen LogP contribution in [-0.2, 0) is 33.2 Å². The van der Waals surface area contributed by atoms with Crippen LogP contribution in [0.15, 0.2) is 134 Å². The SMILES string of the molecule is CC/C=C\C/C=C\C/C=C\C/C=C\C/C=C\C/C=C\C/C=C\C/C=C\C/C=C\CCCCCC(=O)NC(COC1OC(CO)C(OC2OC(CO)C(OC3OC(CO)C(O)C(O)C3O)C(O)C2O)C(O)C1O)C(O)/C=C/CC/C=C/CCCCCCCCCCCCC. The number of aliphatic hydroxyl groups is 11. The fraction of sp³-hybridized carbons (Fsp3) is 0.689. The summed E-state index contributed by atoms with van der Waals surface area (Å²) in [6.45, 7) is 1.55. The molecule has 3 fully saturated rings. The molecule has 3 aliphatic rings. The summed E-state index contributed by atoms with van der Waals surface area (Å²) < 4.78 is 34.3. The van der Waals surface area contributed by atoms with Crippen LogP contribution < -0.4 is 5.32 Å². The molecule has 0 aromatic rings. The van der Waals surface area contributed by atoms with Crippen LogP contribution in [0.25, 0.3) is 0 Å². The highest BCUT2D eigenvalue weighted by Crippen LogP contribution is 2.33. The summed E-state index contributed by atoms with van der Waals surface area (Å²) in [6, 6.07) is -1.02. The van der Waals surface area contributed by atoms with Gasteiger partial charge >= 0.3 is 0 Å². The molecular weight excluding hydrogens is 1190 g/mol. The molecule has 3 aliphatic heterocycles. The van der Waals surface area contributed by atoms with E-state index in [4.69, 9.17) is 28.4 Å². The lowest BCUT2D eigenvalue weighted by Gasteiger charge is -2.48. The van der Waals surface area contributed by atoms with Crippen molar-refractivity contribution in [3.05, 3.63) is 134 Å². The Hall–Kier alpha value is -4.07. The van der Waals surface area contributed by atoms with E-state index in [0.29, 0.717) is 12.8 Å². The normalized spacial score (nSPS) is 28.4. The predicted molar refractivity (Wildman–Crippen MR) is 364 cm³/mol. The van der Waals surface area contributed by atoms with E-state index >= 15 is 0 Å². The summed E-state index contributed by atoms with van der Waals surface area (Å²) in [7, 11) is 0. The molecule has 19 heteroatoms. The molecular formula is C74H121NO18. The predicted octanol–water partition coefficient (Wildman–Crippen LogP) is 9.38. The van der Waals surface area contributed by atoms with Gasteiger partial charge in [-0.3, -0.25) is 4.79 Å². The Balaban J connectivity index is 1.45. The maximum atomic E-state index is 13.4. The van der Waals surface area contributed by atoms with Crippen LogP contribution in [0.1, 0.15) is 194 Å². The topological polar surface area (TPSA) is 307 Å². The van der Waals surface area contributed by atoms with E-state index in [1.54, 1.807) is 6.08 Å². The third-order valence-corrected chi connectivity index (χ3v) is 16.4. The van der Waals surface area contributed by atoms with E-state index in [0.717, 1.165) is 96.3 Å². The number of hydrogen-bond donors (Lipinski definition) is 12. The van der Waals surface area contributed by atoms with E-state index in [-0.39, 0.29) is 12.3 Å². The molecule has 3 rings (SSSR count). The number of ether oxygens (including phenoxy) is 6. The van der Waals surface area contributed by atoms with E-state index in [1.807, 2.05) is 6.08 Å². The number of unbranched alkanes of at least 4 members (excludes halogenated alkanes) is 15. The second-order valence-electron chi connectivity index (χ2n) is 24.2. The number of carbonyl (C=O) groups is 1. The molecule has 0 aliphatic carbocycles. The molecule has 12 N–H and O–H groups in total. The van der Waals surface area contributed by atoms with Crippen LogP contribution in [-0.4, -0.2) is 193 Å². The number of rotatable bonds is 51. The van der Waals surface area contributed by atoms with E-state index < -0.39 is 131 Å². The number of carbonyl (C=O) groups excluding carboxylic acids is 1. The third-order valence-electron chi connectivity index (χ3n) is 16.4. The molecule has 0 radical (unpaired) electrons. The molecule has 0 aromatic heterocycles. The molecule has 17 atom stereocenters. The smallest absolute Gasteiger partial charge is 0.220 e. The molecule has 19 nitrogen and oxygen atoms in total. The minimum atomic E-state index is -1.99. The molecule has 1 amide bonds. The first-order chi connectivity index (χ1) is 45.3. The molecule has 3 saturated heterocycles. The average molecular weight is 1310 g/mol. The number of amides is 1. The maximum absolute atomic E-state index is 13.4. The Labute approximate surface area is 556 Å². The minimum absolute atomic E-state index is 0.186. The van der Waals surface area contributed by atoms with Crippen molar-refractivity contribution in [2.75, 3.05) is 26.4 Å². The Bertz CT molecular complexity index is 2210. The van der Waals surface area contributed by atoms with Gasteiger partial charge in [-0.1, -0.05) is 218 Å². The zero-order chi connectivity index (χ0) is 67.5. The largest absolute Gasteiger partial charge is 0.394 e. The van der Waals surface area contributed by atoms with Crippen molar-refractivity contribution in [2.24, 2.45) is 0 Å². The summed E-state index contributed by atoms with van der Waals surface area (Å²) in [5.41, 5.74) is 0. The van der Waals surface area contributed by atoms with Crippen molar-refractivity contribution in [2.45, 2.75) is 298 Å². The first-order valence-electron chi connectivity index (χ1n) is 34.9. The Morgan fingerprint density at radius 1 is 0.398 bits per heavy atom. The van der Waals surface area contributed by atoms with Crippen LogP contribution in [0, 0.1) is 0 Å². The van der Waals surface area contributed by atoms with Gasteiger partial charge in [0.2, 0.25) is 5.91 Å². The van der Waals surface area contributed by atoms with Crippen LogP contribution in [0.5, 0.6) is 0 Å². The highest BCUT2D eigenvalue weighted by atomic mass is 16.8. The molecule has 93 heavy (non-hydrogen) atoms. The van der Waals surface area contributed by atoms with E-state index in [9.17, 15) is 61.0 Å². The highest BCUT2D eigenvalue weighted by Gasteiger charge is 2.53. The molecule has 0 aromatic carbocycles. The Morgan fingerprint density at radius 2 is 0.753 bits per heavy atom. The monoisotopic (exact) mass is 1310 g/mol. The van der Waals surface area contributed by atoms with Gasteiger partial charge in [-0.2, -0.15) is 0 Å². The number of aliphatic hydroxyl groups excluding tert-OH is 11. The molecule has 0 saturated carbocycles. The molecule has 0 spiro atoms. The number of allylic oxidation sites excluding steroid dienone is 21. The van der Waals surface area contributed by atoms with Crippen LogP contribution in [0.4, 0.5) is 0 Å². The number of hydrogen-bond acceptors (Lipinski definition) is 18. The van der Waals surface area contributed by atoms with Crippen LogP contribution >= 0.6 is 0 Å². The fourth-order valence-electron chi connectivity index (χ4n) is 10.8. The number of nitrogens with one attached hydrogen (secondary N) is 1. The van der Waals surface area contributed by atoms with Crippen molar-refractivity contribution >= 4 is 5.91 Å². The maximum Gasteiger partial charge on any atom is 0.220 e. The standard InChI is InChI=1S/C74H121NO18/c1-3-5-7-9-11-13-15-17-19-21-22-23-24-25-26-27-28-29-30-31-32-33-34-36-38-40-42-44-46-48-50-52-62(80)75-57(58(79)51-49-47-45-43-41-39-37-35-20-18-16-14-12-10-8-6-4-2)56-88-72-68(86)65(83)70(60(54-77)90-72)93-74-69(87)66(84)71(61(55-78)91-74)92-73-67(85)64(82)63(81)59(53-76)89-73/h5,7,11,13,17,19,22-23,25-26,28-29,31-32,34,36,40-43,49,51,57-61,63-74,76-79,81-87H,3-4,6,8-10,12,14-16,18,20-21,24,27,30,33,35,37-39,44-48,50,52-56H2,1-2H3,(H,75,80)/b7-5-,13-11-,19-17-,23-22-,26-25-,29-28-,32-31-,36-34-,42-40-,43-41+,51-49+. The average Bonchev–Trinajstić information content (AvgIpc) is 0.900. The Morgan fingerprint density at radius 3 is 1.20 bits per heavy atom. The first kappa shape index (κ1) is 83.2. The summed E-state index contributed by atoms with van der Waals surface area (Å²) in [5.74, 6) is -0.324. The summed E-state index contributed by atoms with van der Waals surface area (Å²) in [6.07, 6.45) is 48.5. The summed E-state index contributed by atoms with van der Waals surface area (Å²) in [5, 5.41) is 120. The summed E-state index contributed by atoms with van der Waals surface area (Å²) in [4.78, 5) is 13.4. The quantitative estimate of drug-likeness (QED) is 0.0199. The van der Waals surface area contributed by atoms with Crippen molar-refractivity contribution in [3.63, 3.8) is 0 Å². The first-order valence-corrected chi connectivity index (χ1v) is 34.9. The highest BCUT2D eigenvalue weighted by molar-refractivity contribution is 5.76. The molecule has 17 unspecified atom stereocenters. The van der Waals surface area contributed by atoms with Gasteiger partial charge in [0.05, 0.1) is 38.6 Å². The van der Waals surface area contributed by atoms with Gasteiger partial charge in [0.15, 0.2) is 18.9 Å². The minimum Gasteiger partial charge on any atom is -0.394 e. The van der Waals surface area contributed by atoms with Crippen molar-refractivity contribution in [1.29, 1.82) is 0 Å². The van der Waals surface area contributed by atoms with Gasteiger partial charge in [-0.15, -0.1) is 0 Å². The van der Waals surface area contributed by atoms with Gasteiger partial charge in [-0.05, 0) is 103 Å². The van der Waals surface area contributed by atoms with Crippen molar-refractivity contribution in [3.8, 4) is 0 Å². The molecule has 0 bridgehead atoms. The van der Waals surface area contributed by atoms with Gasteiger partial charge in [0.1, 0.15) is 73.2 Å². The van der Waals surface area contributed by atoms with Crippen molar-refractivity contribution < 1.29 is 89.4 Å². The van der Waals surface area contributed by atoms with Gasteiger partial charge in [-0.25, -0.2) is 0 Å². The van der Waals surface area contributed by atoms with Gasteiger partial charge < -0.3 is 89.9 Å². The Kier molecular flexibility index (Phi) is 48.3. The van der Waals surface area contributed by atoms with Gasteiger partial charge in [0.25, 0.3) is 0 Å². The van der Waals surface area contributed by atoms with Crippen LogP contribution in [0.2, 0.25) is 0 Å². The van der Waals surface area contributed by atoms with Crippen LogP contribution in [0.3, 0.4) is 0 Å². The zero-order valence-electron chi connectivity index (χ0n) is 55.9. The lowest BCUT2D eigenvalue weighted by Crippen LogP contribution is -2.66. The lowest BCUT2D eigenvalue weighted by molar-refractivity contribution is -0.379. The fourth-order valence-corrected chi connectivity index (χ4v) is 10.8. The second-order valence-corrected chi connectivity index (χ2v) is 24.2.